The number of piperidine rings is 1. The van der Waals surface area contributed by atoms with E-state index in [9.17, 15) is 9.59 Å². The predicted molar refractivity (Wildman–Crippen MR) is 121 cm³/mol. The second kappa shape index (κ2) is 11.1. The summed E-state index contributed by atoms with van der Waals surface area (Å²) < 4.78 is 5.36. The van der Waals surface area contributed by atoms with Crippen LogP contribution in [-0.4, -0.2) is 74.1 Å². The Morgan fingerprint density at radius 1 is 0.903 bits per heavy atom. The van der Waals surface area contributed by atoms with Crippen LogP contribution in [0.25, 0.3) is 0 Å². The maximum absolute atomic E-state index is 12.6. The van der Waals surface area contributed by atoms with Gasteiger partial charge in [0.25, 0.3) is 0 Å². The molecule has 4 rings (SSSR count). The van der Waals surface area contributed by atoms with Gasteiger partial charge in [0.15, 0.2) is 0 Å². The molecule has 1 saturated carbocycles. The molecule has 1 aliphatic carbocycles. The van der Waals surface area contributed by atoms with Gasteiger partial charge in [0.1, 0.15) is 0 Å². The molecule has 3 aliphatic rings. The third kappa shape index (κ3) is 7.32. The molecule has 2 aliphatic heterocycles. The minimum atomic E-state index is 0.172. The Hall–Kier alpha value is -1.92. The summed E-state index contributed by atoms with van der Waals surface area (Å²) in [5.41, 5.74) is 2.59. The van der Waals surface area contributed by atoms with E-state index in [4.69, 9.17) is 4.74 Å². The first-order valence-corrected chi connectivity index (χ1v) is 12.1. The number of carbonyl (C=O) groups excluding carboxylic acids is 2. The molecule has 170 valence electrons. The van der Waals surface area contributed by atoms with E-state index in [2.05, 4.69) is 34.5 Å². The van der Waals surface area contributed by atoms with Crippen molar-refractivity contribution in [2.24, 2.45) is 11.8 Å². The lowest BCUT2D eigenvalue weighted by Crippen LogP contribution is -2.47. The Balaban J connectivity index is 1.13. The summed E-state index contributed by atoms with van der Waals surface area (Å²) in [6, 6.07) is 8.77. The Morgan fingerprint density at radius 3 is 2.26 bits per heavy atom. The topological polar surface area (TPSA) is 61.9 Å². The summed E-state index contributed by atoms with van der Waals surface area (Å²) in [4.78, 5) is 28.7. The van der Waals surface area contributed by atoms with E-state index in [-0.39, 0.29) is 11.8 Å². The van der Waals surface area contributed by atoms with Crippen LogP contribution in [0.2, 0.25) is 0 Å². The van der Waals surface area contributed by atoms with Crippen LogP contribution in [0.5, 0.6) is 0 Å². The highest BCUT2D eigenvalue weighted by molar-refractivity contribution is 5.78. The van der Waals surface area contributed by atoms with E-state index in [1.54, 1.807) is 0 Å². The Labute approximate surface area is 186 Å². The lowest BCUT2D eigenvalue weighted by Gasteiger charge is -2.34. The molecule has 0 spiro atoms. The number of amides is 2. The van der Waals surface area contributed by atoms with Crippen molar-refractivity contribution in [3.05, 3.63) is 35.4 Å². The van der Waals surface area contributed by atoms with E-state index in [1.165, 1.54) is 24.0 Å². The number of benzene rings is 1. The fraction of sp³-hybridized carbons (Fsp3) is 0.680. The summed E-state index contributed by atoms with van der Waals surface area (Å²) in [6.45, 7) is 6.35. The fourth-order valence-electron chi connectivity index (χ4n) is 4.54. The summed E-state index contributed by atoms with van der Waals surface area (Å²) in [6.07, 6.45) is 7.16. The maximum atomic E-state index is 12.6. The molecule has 0 bridgehead atoms. The number of rotatable bonds is 9. The van der Waals surface area contributed by atoms with Crippen LogP contribution in [-0.2, 0) is 27.2 Å². The lowest BCUT2D eigenvalue weighted by molar-refractivity contribution is -0.134. The maximum Gasteiger partial charge on any atom is 0.236 e. The van der Waals surface area contributed by atoms with Crippen LogP contribution in [0.1, 0.15) is 43.2 Å². The van der Waals surface area contributed by atoms with Gasteiger partial charge in [-0.2, -0.15) is 0 Å². The number of hydrogen-bond acceptors (Lipinski definition) is 4. The molecule has 2 amide bonds. The van der Waals surface area contributed by atoms with Crippen molar-refractivity contribution in [3.63, 3.8) is 0 Å². The molecular formula is C25H37N3O3. The van der Waals surface area contributed by atoms with Crippen molar-refractivity contribution in [1.82, 2.24) is 15.1 Å². The highest BCUT2D eigenvalue weighted by Crippen LogP contribution is 2.27. The van der Waals surface area contributed by atoms with Crippen LogP contribution in [0.3, 0.4) is 0 Å². The molecule has 6 heteroatoms. The average molecular weight is 428 g/mol. The SMILES string of the molecule is O=C(CCc1ccc(CC2CCN(C(=O)CN3CCOCC3)CC2)cc1)NCC1CC1. The van der Waals surface area contributed by atoms with Gasteiger partial charge < -0.3 is 15.0 Å². The quantitative estimate of drug-likeness (QED) is 0.657. The number of carbonyl (C=O) groups is 2. The number of nitrogens with zero attached hydrogens (tertiary/aromatic N) is 2. The highest BCUT2D eigenvalue weighted by atomic mass is 16.5. The van der Waals surface area contributed by atoms with Gasteiger partial charge in [-0.05, 0) is 61.5 Å². The van der Waals surface area contributed by atoms with E-state index < -0.39 is 0 Å². The first kappa shape index (κ1) is 22.3. The molecule has 0 aromatic heterocycles. The number of likely N-dealkylation sites (tertiary alicyclic amines) is 1. The fourth-order valence-corrected chi connectivity index (χ4v) is 4.54. The van der Waals surface area contributed by atoms with Crippen molar-refractivity contribution in [1.29, 1.82) is 0 Å². The van der Waals surface area contributed by atoms with Gasteiger partial charge in [-0.15, -0.1) is 0 Å². The predicted octanol–water partition coefficient (Wildman–Crippen LogP) is 2.26. The minimum Gasteiger partial charge on any atom is -0.379 e. The standard InChI is InChI=1S/C25H37N3O3/c29-24(26-18-23-5-6-23)8-7-20-1-3-21(4-2-20)17-22-9-11-28(12-10-22)25(30)19-27-13-15-31-16-14-27/h1-4,22-23H,5-19H2,(H,26,29). The number of morpholine rings is 1. The summed E-state index contributed by atoms with van der Waals surface area (Å²) >= 11 is 0. The number of aryl methyl sites for hydroxylation is 1. The van der Waals surface area contributed by atoms with Crippen molar-refractivity contribution < 1.29 is 14.3 Å². The Morgan fingerprint density at radius 2 is 1.58 bits per heavy atom. The minimum absolute atomic E-state index is 0.172. The van der Waals surface area contributed by atoms with Crippen molar-refractivity contribution in [2.75, 3.05) is 52.5 Å². The van der Waals surface area contributed by atoms with E-state index >= 15 is 0 Å². The Kier molecular flexibility index (Phi) is 7.97. The highest BCUT2D eigenvalue weighted by Gasteiger charge is 2.25. The van der Waals surface area contributed by atoms with Crippen molar-refractivity contribution >= 4 is 11.8 Å². The van der Waals surface area contributed by atoms with E-state index in [0.29, 0.717) is 18.9 Å². The lowest BCUT2D eigenvalue weighted by atomic mass is 9.89. The van der Waals surface area contributed by atoms with Crippen LogP contribution < -0.4 is 5.32 Å². The van der Waals surface area contributed by atoms with Crippen molar-refractivity contribution in [3.8, 4) is 0 Å². The first-order valence-electron chi connectivity index (χ1n) is 12.1. The normalized spacial score (nSPS) is 20.6. The molecule has 6 nitrogen and oxygen atoms in total. The number of nitrogens with one attached hydrogen (secondary N) is 1. The molecule has 2 saturated heterocycles. The Bertz CT molecular complexity index is 718. The monoisotopic (exact) mass is 427 g/mol. The van der Waals surface area contributed by atoms with Gasteiger partial charge in [-0.25, -0.2) is 0 Å². The zero-order valence-electron chi connectivity index (χ0n) is 18.7. The number of hydrogen-bond donors (Lipinski definition) is 1. The third-order valence-electron chi connectivity index (χ3n) is 6.90. The third-order valence-corrected chi connectivity index (χ3v) is 6.90. The second-order valence-electron chi connectivity index (χ2n) is 9.48. The van der Waals surface area contributed by atoms with Crippen LogP contribution in [0.4, 0.5) is 0 Å². The molecule has 31 heavy (non-hydrogen) atoms. The van der Waals surface area contributed by atoms with Gasteiger partial charge in [-0.1, -0.05) is 24.3 Å². The molecule has 3 fully saturated rings. The molecule has 2 heterocycles. The molecular weight excluding hydrogens is 390 g/mol. The summed E-state index contributed by atoms with van der Waals surface area (Å²) in [5, 5.41) is 3.04. The zero-order chi connectivity index (χ0) is 21.5. The largest absolute Gasteiger partial charge is 0.379 e. The smallest absolute Gasteiger partial charge is 0.236 e. The van der Waals surface area contributed by atoms with Gasteiger partial charge in [0.05, 0.1) is 19.8 Å². The van der Waals surface area contributed by atoms with Crippen LogP contribution >= 0.6 is 0 Å². The second-order valence-corrected chi connectivity index (χ2v) is 9.48. The van der Waals surface area contributed by atoms with Crippen LogP contribution in [0.15, 0.2) is 24.3 Å². The zero-order valence-corrected chi connectivity index (χ0v) is 18.7. The first-order chi connectivity index (χ1) is 15.2. The van der Waals surface area contributed by atoms with E-state index in [0.717, 1.165) is 77.5 Å². The number of ether oxygens (including phenoxy) is 1. The molecule has 1 N–H and O–H groups in total. The van der Waals surface area contributed by atoms with Crippen molar-refractivity contribution in [2.45, 2.75) is 44.9 Å². The summed E-state index contributed by atoms with van der Waals surface area (Å²) in [5.74, 6) is 1.82. The molecule has 0 atom stereocenters. The van der Waals surface area contributed by atoms with Crippen LogP contribution in [0, 0.1) is 11.8 Å². The van der Waals surface area contributed by atoms with Gasteiger partial charge in [-0.3, -0.25) is 14.5 Å². The molecule has 1 aromatic rings. The van der Waals surface area contributed by atoms with Gasteiger partial charge in [0.2, 0.25) is 11.8 Å². The van der Waals surface area contributed by atoms with E-state index in [1.807, 2.05) is 4.90 Å². The summed E-state index contributed by atoms with van der Waals surface area (Å²) in [7, 11) is 0. The molecule has 0 unspecified atom stereocenters. The van der Waals surface area contributed by atoms with Gasteiger partial charge >= 0.3 is 0 Å². The van der Waals surface area contributed by atoms with Gasteiger partial charge in [0, 0.05) is 39.1 Å². The average Bonchev–Trinajstić information content (AvgIpc) is 3.63. The molecule has 1 aromatic carbocycles. The molecule has 0 radical (unpaired) electrons.